The zero-order valence-corrected chi connectivity index (χ0v) is 14.8. The molecule has 0 radical (unpaired) electrons. The molecule has 0 amide bonds. The SMILES string of the molecule is C=Cc1ccc(-c2ccc3ncc(C#Cc4ccnc(NC)c4)n3n2)cc1. The van der Waals surface area contributed by atoms with Crippen molar-refractivity contribution in [2.24, 2.45) is 0 Å². The van der Waals surface area contributed by atoms with Crippen molar-refractivity contribution in [3.63, 3.8) is 0 Å². The monoisotopic (exact) mass is 351 g/mol. The molecule has 0 aliphatic carbocycles. The fourth-order valence-electron chi connectivity index (χ4n) is 2.68. The smallest absolute Gasteiger partial charge is 0.154 e. The number of hydrogen-bond donors (Lipinski definition) is 1. The molecule has 5 heteroatoms. The summed E-state index contributed by atoms with van der Waals surface area (Å²) in [7, 11) is 1.83. The van der Waals surface area contributed by atoms with Crippen LogP contribution in [-0.4, -0.2) is 26.6 Å². The van der Waals surface area contributed by atoms with Crippen LogP contribution in [0.25, 0.3) is 23.0 Å². The van der Waals surface area contributed by atoms with Crippen molar-refractivity contribution in [2.45, 2.75) is 0 Å². The van der Waals surface area contributed by atoms with E-state index in [9.17, 15) is 0 Å². The first kappa shape index (κ1) is 16.6. The lowest BCUT2D eigenvalue weighted by molar-refractivity contribution is 0.930. The molecule has 3 aromatic heterocycles. The molecule has 130 valence electrons. The Labute approximate surface area is 157 Å². The molecule has 5 nitrogen and oxygen atoms in total. The minimum absolute atomic E-state index is 0.734. The van der Waals surface area contributed by atoms with Gasteiger partial charge in [-0.05, 0) is 35.7 Å². The minimum Gasteiger partial charge on any atom is -0.373 e. The van der Waals surface area contributed by atoms with Gasteiger partial charge in [-0.2, -0.15) is 5.10 Å². The van der Waals surface area contributed by atoms with Crippen molar-refractivity contribution in [2.75, 3.05) is 12.4 Å². The maximum atomic E-state index is 4.71. The molecule has 1 aromatic carbocycles. The predicted molar refractivity (Wildman–Crippen MR) is 108 cm³/mol. The quantitative estimate of drug-likeness (QED) is 0.569. The van der Waals surface area contributed by atoms with Crippen molar-refractivity contribution >= 4 is 17.5 Å². The molecule has 0 aliphatic rings. The summed E-state index contributed by atoms with van der Waals surface area (Å²) in [6.07, 6.45) is 5.29. The molecule has 0 spiro atoms. The summed E-state index contributed by atoms with van der Waals surface area (Å²) < 4.78 is 1.77. The molecular weight excluding hydrogens is 334 g/mol. The van der Waals surface area contributed by atoms with Crippen LogP contribution in [0.1, 0.15) is 16.8 Å². The zero-order valence-electron chi connectivity index (χ0n) is 14.8. The van der Waals surface area contributed by atoms with Crippen LogP contribution in [0.2, 0.25) is 0 Å². The van der Waals surface area contributed by atoms with Crippen LogP contribution in [0, 0.1) is 11.8 Å². The third kappa shape index (κ3) is 3.42. The summed E-state index contributed by atoms with van der Waals surface area (Å²) in [5, 5.41) is 7.72. The topological polar surface area (TPSA) is 55.1 Å². The van der Waals surface area contributed by atoms with E-state index in [1.54, 1.807) is 16.9 Å². The van der Waals surface area contributed by atoms with Crippen molar-refractivity contribution in [3.8, 4) is 23.1 Å². The second-order valence-electron chi connectivity index (χ2n) is 5.89. The molecule has 0 saturated heterocycles. The standard InChI is InChI=1S/C22H17N5/c1-3-16-4-7-18(8-5-16)20-10-11-22-25-15-19(27(22)26-20)9-6-17-12-13-24-21(14-17)23-2/h3-5,7-8,10-15H,1H2,2H3,(H,23,24). The van der Waals surface area contributed by atoms with E-state index in [1.165, 1.54) is 0 Å². The summed E-state index contributed by atoms with van der Waals surface area (Å²) in [4.78, 5) is 8.58. The molecule has 0 saturated carbocycles. The largest absolute Gasteiger partial charge is 0.373 e. The highest BCUT2D eigenvalue weighted by molar-refractivity contribution is 5.63. The molecule has 0 atom stereocenters. The number of benzene rings is 1. The van der Waals surface area contributed by atoms with E-state index in [0.717, 1.165) is 39.5 Å². The lowest BCUT2D eigenvalue weighted by Crippen LogP contribution is -1.97. The maximum absolute atomic E-state index is 4.71. The number of hydrogen-bond acceptors (Lipinski definition) is 4. The average Bonchev–Trinajstić information content (AvgIpc) is 3.14. The van der Waals surface area contributed by atoms with E-state index in [2.05, 4.69) is 33.7 Å². The highest BCUT2D eigenvalue weighted by atomic mass is 15.3. The Balaban J connectivity index is 1.72. The van der Waals surface area contributed by atoms with Crippen LogP contribution in [0.3, 0.4) is 0 Å². The van der Waals surface area contributed by atoms with Gasteiger partial charge in [0.05, 0.1) is 11.9 Å². The Bertz CT molecular complexity index is 1180. The van der Waals surface area contributed by atoms with Gasteiger partial charge in [0.15, 0.2) is 5.65 Å². The van der Waals surface area contributed by atoms with Gasteiger partial charge in [-0.1, -0.05) is 42.8 Å². The first-order chi connectivity index (χ1) is 13.3. The van der Waals surface area contributed by atoms with E-state index in [4.69, 9.17) is 5.10 Å². The first-order valence-corrected chi connectivity index (χ1v) is 8.50. The molecule has 3 heterocycles. The highest BCUT2D eigenvalue weighted by Crippen LogP contribution is 2.19. The Morgan fingerprint density at radius 1 is 1.04 bits per heavy atom. The lowest BCUT2D eigenvalue weighted by atomic mass is 10.1. The third-order valence-electron chi connectivity index (χ3n) is 4.16. The summed E-state index contributed by atoms with van der Waals surface area (Å²) in [5.41, 5.74) is 5.34. The van der Waals surface area contributed by atoms with Gasteiger partial charge in [0.1, 0.15) is 11.5 Å². The third-order valence-corrected chi connectivity index (χ3v) is 4.16. The van der Waals surface area contributed by atoms with Crippen LogP contribution in [-0.2, 0) is 0 Å². The van der Waals surface area contributed by atoms with Gasteiger partial charge in [-0.3, -0.25) is 0 Å². The fraction of sp³-hybridized carbons (Fsp3) is 0.0455. The van der Waals surface area contributed by atoms with Crippen molar-refractivity contribution in [3.05, 3.63) is 84.3 Å². The maximum Gasteiger partial charge on any atom is 0.154 e. The van der Waals surface area contributed by atoms with Crippen LogP contribution in [0.5, 0.6) is 0 Å². The second-order valence-corrected chi connectivity index (χ2v) is 5.89. The van der Waals surface area contributed by atoms with Crippen LogP contribution >= 0.6 is 0 Å². The summed E-state index contributed by atoms with van der Waals surface area (Å²) in [6.45, 7) is 3.78. The number of aromatic nitrogens is 4. The first-order valence-electron chi connectivity index (χ1n) is 8.50. The summed E-state index contributed by atoms with van der Waals surface area (Å²) in [6, 6.07) is 15.8. The summed E-state index contributed by atoms with van der Waals surface area (Å²) in [5.74, 6) is 7.08. The molecule has 4 aromatic rings. The number of rotatable bonds is 3. The molecule has 0 aliphatic heterocycles. The Morgan fingerprint density at radius 3 is 2.67 bits per heavy atom. The highest BCUT2D eigenvalue weighted by Gasteiger charge is 2.05. The van der Waals surface area contributed by atoms with Crippen molar-refractivity contribution in [1.29, 1.82) is 0 Å². The van der Waals surface area contributed by atoms with Gasteiger partial charge in [0, 0.05) is 24.4 Å². The van der Waals surface area contributed by atoms with E-state index in [0.29, 0.717) is 0 Å². The van der Waals surface area contributed by atoms with Gasteiger partial charge >= 0.3 is 0 Å². The fourth-order valence-corrected chi connectivity index (χ4v) is 2.68. The Morgan fingerprint density at radius 2 is 1.89 bits per heavy atom. The molecule has 1 N–H and O–H groups in total. The van der Waals surface area contributed by atoms with Crippen LogP contribution in [0.4, 0.5) is 5.82 Å². The number of imidazole rings is 1. The van der Waals surface area contributed by atoms with Gasteiger partial charge in [-0.15, -0.1) is 0 Å². The molecular formula is C22H17N5. The molecule has 0 unspecified atom stereocenters. The normalized spacial score (nSPS) is 10.3. The van der Waals surface area contributed by atoms with Crippen LogP contribution < -0.4 is 5.32 Å². The van der Waals surface area contributed by atoms with Crippen LogP contribution in [0.15, 0.2) is 67.5 Å². The van der Waals surface area contributed by atoms with E-state index < -0.39 is 0 Å². The van der Waals surface area contributed by atoms with E-state index in [1.807, 2.05) is 61.7 Å². The Kier molecular flexibility index (Phi) is 4.38. The van der Waals surface area contributed by atoms with Gasteiger partial charge in [0.2, 0.25) is 0 Å². The van der Waals surface area contributed by atoms with E-state index >= 15 is 0 Å². The van der Waals surface area contributed by atoms with Crippen molar-refractivity contribution in [1.82, 2.24) is 19.6 Å². The molecule has 0 fully saturated rings. The second kappa shape index (κ2) is 7.14. The number of anilines is 1. The lowest BCUT2D eigenvalue weighted by Gasteiger charge is -2.03. The van der Waals surface area contributed by atoms with Crippen molar-refractivity contribution < 1.29 is 0 Å². The molecule has 0 bridgehead atoms. The minimum atomic E-state index is 0.734. The van der Waals surface area contributed by atoms with Gasteiger partial charge in [0.25, 0.3) is 0 Å². The average molecular weight is 351 g/mol. The predicted octanol–water partition coefficient (Wildman–Crippen LogP) is 3.88. The summed E-state index contributed by atoms with van der Waals surface area (Å²) >= 11 is 0. The molecule has 4 rings (SSSR count). The Hall–Kier alpha value is -3.91. The number of nitrogens with zero attached hydrogens (tertiary/aromatic N) is 4. The zero-order chi connectivity index (χ0) is 18.6. The number of nitrogens with one attached hydrogen (secondary N) is 1. The number of fused-ring (bicyclic) bond motifs is 1. The van der Waals surface area contributed by atoms with E-state index in [-0.39, 0.29) is 0 Å². The van der Waals surface area contributed by atoms with Gasteiger partial charge < -0.3 is 5.32 Å². The molecule has 27 heavy (non-hydrogen) atoms. The number of pyridine rings is 1. The van der Waals surface area contributed by atoms with Gasteiger partial charge in [-0.25, -0.2) is 14.5 Å².